The molecular formula is C11H15BrClN3. The van der Waals surface area contributed by atoms with Crippen LogP contribution in [0.25, 0.3) is 0 Å². The molecule has 0 aliphatic carbocycles. The fourth-order valence-corrected chi connectivity index (χ4v) is 3.03. The Morgan fingerprint density at radius 3 is 2.44 bits per heavy atom. The number of piperazine rings is 1. The number of likely N-dealkylation sites (N-methyl/N-ethyl adjacent to an activating group) is 1. The van der Waals surface area contributed by atoms with E-state index in [1.807, 2.05) is 6.07 Å². The summed E-state index contributed by atoms with van der Waals surface area (Å²) in [6.07, 6.45) is 0. The zero-order valence-electron chi connectivity index (χ0n) is 9.21. The molecule has 5 heteroatoms. The Kier molecular flexibility index (Phi) is 3.62. The molecule has 1 aromatic carbocycles. The molecule has 1 aromatic rings. The van der Waals surface area contributed by atoms with Gasteiger partial charge in [-0.1, -0.05) is 11.6 Å². The molecule has 0 bridgehead atoms. The normalized spacial score (nSPS) is 17.8. The summed E-state index contributed by atoms with van der Waals surface area (Å²) in [5, 5.41) is 0.669. The van der Waals surface area contributed by atoms with E-state index < -0.39 is 0 Å². The van der Waals surface area contributed by atoms with Crippen LogP contribution in [0.1, 0.15) is 0 Å². The van der Waals surface area contributed by atoms with E-state index in [9.17, 15) is 0 Å². The average molecular weight is 305 g/mol. The monoisotopic (exact) mass is 303 g/mol. The van der Waals surface area contributed by atoms with Gasteiger partial charge < -0.3 is 15.5 Å². The Hall–Kier alpha value is -0.450. The molecular weight excluding hydrogens is 289 g/mol. The maximum absolute atomic E-state index is 6.02. The lowest BCUT2D eigenvalue weighted by Crippen LogP contribution is -2.44. The first kappa shape index (κ1) is 12.0. The minimum absolute atomic E-state index is 0.669. The fraction of sp³-hybridized carbons (Fsp3) is 0.455. The van der Waals surface area contributed by atoms with Crippen molar-refractivity contribution in [1.82, 2.24) is 4.90 Å². The molecule has 2 N–H and O–H groups in total. The third-order valence-corrected chi connectivity index (χ3v) is 3.70. The van der Waals surface area contributed by atoms with Crippen LogP contribution >= 0.6 is 27.5 Å². The van der Waals surface area contributed by atoms with Gasteiger partial charge in [-0.2, -0.15) is 0 Å². The predicted molar refractivity (Wildman–Crippen MR) is 73.3 cm³/mol. The van der Waals surface area contributed by atoms with Crippen molar-refractivity contribution in [3.63, 3.8) is 0 Å². The van der Waals surface area contributed by atoms with E-state index in [0.717, 1.165) is 42.0 Å². The highest BCUT2D eigenvalue weighted by atomic mass is 79.9. The Morgan fingerprint density at radius 1 is 1.25 bits per heavy atom. The third kappa shape index (κ3) is 2.44. The van der Waals surface area contributed by atoms with Crippen LogP contribution in [0.4, 0.5) is 11.4 Å². The van der Waals surface area contributed by atoms with Crippen molar-refractivity contribution in [3.8, 4) is 0 Å². The smallest absolute Gasteiger partial charge is 0.0746 e. The molecule has 0 saturated carbocycles. The zero-order chi connectivity index (χ0) is 11.7. The average Bonchev–Trinajstić information content (AvgIpc) is 2.19. The number of benzene rings is 1. The van der Waals surface area contributed by atoms with Crippen molar-refractivity contribution < 1.29 is 0 Å². The quantitative estimate of drug-likeness (QED) is 0.809. The Balaban J connectivity index is 2.26. The number of anilines is 2. The van der Waals surface area contributed by atoms with Crippen LogP contribution in [-0.4, -0.2) is 38.1 Å². The summed E-state index contributed by atoms with van der Waals surface area (Å²) in [6.45, 7) is 4.13. The second-order valence-electron chi connectivity index (χ2n) is 4.12. The third-order valence-electron chi connectivity index (χ3n) is 2.88. The number of hydrogen-bond acceptors (Lipinski definition) is 3. The van der Waals surface area contributed by atoms with Crippen molar-refractivity contribution in [1.29, 1.82) is 0 Å². The molecule has 0 amide bonds. The van der Waals surface area contributed by atoms with E-state index in [1.54, 1.807) is 6.07 Å². The summed E-state index contributed by atoms with van der Waals surface area (Å²) < 4.78 is 0.974. The lowest BCUT2D eigenvalue weighted by Gasteiger charge is -2.35. The molecule has 1 aliphatic rings. The second kappa shape index (κ2) is 4.82. The number of nitrogens with zero attached hydrogens (tertiary/aromatic N) is 2. The van der Waals surface area contributed by atoms with Crippen LogP contribution in [0.15, 0.2) is 16.6 Å². The van der Waals surface area contributed by atoms with Crippen LogP contribution in [0.5, 0.6) is 0 Å². The molecule has 3 nitrogen and oxygen atoms in total. The van der Waals surface area contributed by atoms with Gasteiger partial charge in [0.05, 0.1) is 11.4 Å². The highest BCUT2D eigenvalue weighted by molar-refractivity contribution is 9.10. The molecule has 0 spiro atoms. The van der Waals surface area contributed by atoms with Crippen LogP contribution in [0.2, 0.25) is 5.02 Å². The van der Waals surface area contributed by atoms with Gasteiger partial charge in [0.1, 0.15) is 0 Å². The maximum Gasteiger partial charge on any atom is 0.0746 e. The molecule has 1 saturated heterocycles. The molecule has 1 fully saturated rings. The minimum atomic E-state index is 0.669. The molecule has 16 heavy (non-hydrogen) atoms. The molecule has 0 atom stereocenters. The maximum atomic E-state index is 6.02. The van der Waals surface area contributed by atoms with Gasteiger partial charge in [0.15, 0.2) is 0 Å². The van der Waals surface area contributed by atoms with Gasteiger partial charge in [-0.25, -0.2) is 0 Å². The predicted octanol–water partition coefficient (Wildman–Crippen LogP) is 2.44. The van der Waals surface area contributed by atoms with Crippen molar-refractivity contribution >= 4 is 38.9 Å². The lowest BCUT2D eigenvalue weighted by atomic mass is 10.2. The van der Waals surface area contributed by atoms with E-state index in [4.69, 9.17) is 17.3 Å². The minimum Gasteiger partial charge on any atom is -0.397 e. The van der Waals surface area contributed by atoms with E-state index in [0.29, 0.717) is 5.02 Å². The molecule has 1 aliphatic heterocycles. The van der Waals surface area contributed by atoms with E-state index >= 15 is 0 Å². The van der Waals surface area contributed by atoms with E-state index in [2.05, 4.69) is 32.8 Å². The largest absolute Gasteiger partial charge is 0.397 e. The summed E-state index contributed by atoms with van der Waals surface area (Å²) in [4.78, 5) is 4.62. The van der Waals surface area contributed by atoms with Gasteiger partial charge in [-0.15, -0.1) is 0 Å². The summed E-state index contributed by atoms with van der Waals surface area (Å²) in [7, 11) is 2.14. The molecule has 0 radical (unpaired) electrons. The first-order valence-electron chi connectivity index (χ1n) is 5.26. The first-order valence-corrected chi connectivity index (χ1v) is 6.43. The van der Waals surface area contributed by atoms with Crippen LogP contribution in [0.3, 0.4) is 0 Å². The Bertz CT molecular complexity index is 366. The Labute approximate surface area is 109 Å². The van der Waals surface area contributed by atoms with Gasteiger partial charge >= 0.3 is 0 Å². The molecule has 0 aromatic heterocycles. The summed E-state index contributed by atoms with van der Waals surface area (Å²) >= 11 is 9.48. The number of nitrogen functional groups attached to an aromatic ring is 1. The zero-order valence-corrected chi connectivity index (χ0v) is 11.6. The van der Waals surface area contributed by atoms with Gasteiger partial charge in [0, 0.05) is 35.7 Å². The standard InChI is InChI=1S/C11H15BrClN3/c1-15-2-4-16(5-3-15)11-9(12)6-8(13)7-10(11)14/h6-7H,2-5,14H2,1H3. The van der Waals surface area contributed by atoms with Gasteiger partial charge in [-0.05, 0) is 35.1 Å². The van der Waals surface area contributed by atoms with Crippen LogP contribution < -0.4 is 10.6 Å². The van der Waals surface area contributed by atoms with Crippen LogP contribution in [-0.2, 0) is 0 Å². The van der Waals surface area contributed by atoms with E-state index in [-0.39, 0.29) is 0 Å². The van der Waals surface area contributed by atoms with Gasteiger partial charge in [-0.3, -0.25) is 0 Å². The van der Waals surface area contributed by atoms with E-state index in [1.165, 1.54) is 0 Å². The van der Waals surface area contributed by atoms with Crippen molar-refractivity contribution in [2.75, 3.05) is 43.9 Å². The number of hydrogen-bond donors (Lipinski definition) is 1. The highest BCUT2D eigenvalue weighted by Crippen LogP contribution is 2.35. The first-order chi connectivity index (χ1) is 7.58. The highest BCUT2D eigenvalue weighted by Gasteiger charge is 2.18. The fourth-order valence-electron chi connectivity index (χ4n) is 1.95. The number of nitrogens with two attached hydrogens (primary N) is 1. The lowest BCUT2D eigenvalue weighted by molar-refractivity contribution is 0.313. The summed E-state index contributed by atoms with van der Waals surface area (Å²) in [6, 6.07) is 3.70. The molecule has 2 rings (SSSR count). The number of rotatable bonds is 1. The van der Waals surface area contributed by atoms with Crippen LogP contribution in [0, 0.1) is 0 Å². The molecule has 88 valence electrons. The van der Waals surface area contributed by atoms with Gasteiger partial charge in [0.25, 0.3) is 0 Å². The summed E-state index contributed by atoms with van der Waals surface area (Å²) in [5.74, 6) is 0. The van der Waals surface area contributed by atoms with Gasteiger partial charge in [0.2, 0.25) is 0 Å². The van der Waals surface area contributed by atoms with Crippen molar-refractivity contribution in [3.05, 3.63) is 21.6 Å². The molecule has 0 unspecified atom stereocenters. The van der Waals surface area contributed by atoms with Crippen molar-refractivity contribution in [2.24, 2.45) is 0 Å². The Morgan fingerprint density at radius 2 is 1.88 bits per heavy atom. The SMILES string of the molecule is CN1CCN(c2c(N)cc(Cl)cc2Br)CC1. The summed E-state index contributed by atoms with van der Waals surface area (Å²) in [5.41, 5.74) is 7.82. The topological polar surface area (TPSA) is 32.5 Å². The van der Waals surface area contributed by atoms with Crippen molar-refractivity contribution in [2.45, 2.75) is 0 Å². The number of halogens is 2. The molecule has 1 heterocycles. The second-order valence-corrected chi connectivity index (χ2v) is 5.41.